The second-order valence-corrected chi connectivity index (χ2v) is 3.00. The Balaban J connectivity index is 2.43. The van der Waals surface area contributed by atoms with Gasteiger partial charge in [-0.15, -0.1) is 20.4 Å². The highest BCUT2D eigenvalue weighted by Gasteiger charge is 2.31. The molecule has 6 heteroatoms. The van der Waals surface area contributed by atoms with Gasteiger partial charge in [-0.3, -0.25) is 0 Å². The minimum Gasteiger partial charge on any atom is -0.170 e. The van der Waals surface area contributed by atoms with E-state index in [1.807, 2.05) is 19.9 Å². The van der Waals surface area contributed by atoms with Crippen LogP contribution in [-0.2, 0) is 5.54 Å². The van der Waals surface area contributed by atoms with Gasteiger partial charge in [-0.2, -0.15) is 10.2 Å². The summed E-state index contributed by atoms with van der Waals surface area (Å²) in [4.78, 5) is 0. The Kier molecular flexibility index (Phi) is 1.61. The van der Waals surface area contributed by atoms with Crippen molar-refractivity contribution in [1.82, 2.24) is 20.4 Å². The van der Waals surface area contributed by atoms with Crippen LogP contribution in [0.25, 0.3) is 0 Å². The summed E-state index contributed by atoms with van der Waals surface area (Å²) in [5.41, 5.74) is 0.265. The lowest BCUT2D eigenvalue weighted by Gasteiger charge is -2.11. The molecule has 0 saturated heterocycles. The van der Waals surface area contributed by atoms with E-state index in [-0.39, 0.29) is 0 Å². The highest BCUT2D eigenvalue weighted by atomic mass is 15.3. The van der Waals surface area contributed by atoms with E-state index >= 15 is 0 Å². The molecular formula is C7H8N6. The summed E-state index contributed by atoms with van der Waals surface area (Å²) in [5.74, 6) is 0.468. The van der Waals surface area contributed by atoms with Crippen LogP contribution in [0.3, 0.4) is 0 Å². The lowest BCUT2D eigenvalue weighted by atomic mass is 10.0. The van der Waals surface area contributed by atoms with E-state index in [2.05, 4.69) is 30.6 Å². The monoisotopic (exact) mass is 176 g/mol. The Bertz CT molecular complexity index is 370. The average molecular weight is 176 g/mol. The summed E-state index contributed by atoms with van der Waals surface area (Å²) in [6.07, 6.45) is 3.17. The second-order valence-electron chi connectivity index (χ2n) is 3.00. The van der Waals surface area contributed by atoms with E-state index in [4.69, 9.17) is 0 Å². The molecule has 1 aromatic heterocycles. The molecule has 13 heavy (non-hydrogen) atoms. The highest BCUT2D eigenvalue weighted by Crippen LogP contribution is 2.30. The molecule has 2 heterocycles. The second kappa shape index (κ2) is 2.65. The van der Waals surface area contributed by atoms with E-state index in [0.717, 1.165) is 5.70 Å². The minimum absolute atomic E-state index is 0.468. The standard InChI is InChI=1S/C7H8N6/c1-5-3-7(2,13-10-5)6-11-8-4-9-12-6/h3-4H,1-2H3. The van der Waals surface area contributed by atoms with Gasteiger partial charge in [0.25, 0.3) is 0 Å². The molecule has 0 amide bonds. The topological polar surface area (TPSA) is 76.3 Å². The summed E-state index contributed by atoms with van der Waals surface area (Å²) in [6.45, 7) is 3.74. The van der Waals surface area contributed by atoms with Gasteiger partial charge in [-0.05, 0) is 19.9 Å². The Morgan fingerprint density at radius 2 is 1.92 bits per heavy atom. The summed E-state index contributed by atoms with van der Waals surface area (Å²) in [5, 5.41) is 22.9. The maximum absolute atomic E-state index is 4.05. The highest BCUT2D eigenvalue weighted by molar-refractivity contribution is 5.20. The third kappa shape index (κ3) is 1.30. The number of hydrogen-bond donors (Lipinski definition) is 0. The van der Waals surface area contributed by atoms with E-state index in [0.29, 0.717) is 5.82 Å². The zero-order valence-corrected chi connectivity index (χ0v) is 7.34. The summed E-state index contributed by atoms with van der Waals surface area (Å²) in [7, 11) is 0. The average Bonchev–Trinajstić information content (AvgIpc) is 2.49. The molecule has 1 unspecified atom stereocenters. The van der Waals surface area contributed by atoms with Gasteiger partial charge in [0, 0.05) is 0 Å². The van der Waals surface area contributed by atoms with Crippen LogP contribution in [0.15, 0.2) is 28.3 Å². The predicted molar refractivity (Wildman–Crippen MR) is 43.6 cm³/mol. The van der Waals surface area contributed by atoms with Crippen molar-refractivity contribution in [3.05, 3.63) is 23.9 Å². The summed E-state index contributed by atoms with van der Waals surface area (Å²) in [6, 6.07) is 0. The molecule has 0 fully saturated rings. The van der Waals surface area contributed by atoms with Crippen molar-refractivity contribution in [2.75, 3.05) is 0 Å². The number of rotatable bonds is 1. The number of aromatic nitrogens is 4. The van der Waals surface area contributed by atoms with Gasteiger partial charge in [0.15, 0.2) is 11.9 Å². The third-order valence-electron chi connectivity index (χ3n) is 1.77. The molecule has 2 rings (SSSR count). The first-order valence-electron chi connectivity index (χ1n) is 3.84. The number of hydrogen-bond acceptors (Lipinski definition) is 6. The van der Waals surface area contributed by atoms with Crippen LogP contribution in [0.5, 0.6) is 0 Å². The lowest BCUT2D eigenvalue weighted by Crippen LogP contribution is -2.19. The van der Waals surface area contributed by atoms with Crippen LogP contribution >= 0.6 is 0 Å². The summed E-state index contributed by atoms with van der Waals surface area (Å²) >= 11 is 0. The van der Waals surface area contributed by atoms with Crippen molar-refractivity contribution >= 4 is 0 Å². The molecule has 1 aromatic rings. The first kappa shape index (κ1) is 7.90. The fourth-order valence-electron chi connectivity index (χ4n) is 1.16. The third-order valence-corrected chi connectivity index (χ3v) is 1.77. The fraction of sp³-hybridized carbons (Fsp3) is 0.429. The molecule has 0 bridgehead atoms. The van der Waals surface area contributed by atoms with Crippen LogP contribution in [0, 0.1) is 0 Å². The summed E-state index contributed by atoms with van der Waals surface area (Å²) < 4.78 is 0. The molecule has 6 nitrogen and oxygen atoms in total. The molecule has 0 radical (unpaired) electrons. The van der Waals surface area contributed by atoms with Crippen molar-refractivity contribution in [3.8, 4) is 0 Å². The molecule has 1 atom stereocenters. The molecule has 1 aliphatic rings. The predicted octanol–water partition coefficient (Wildman–Crippen LogP) is 0.851. The van der Waals surface area contributed by atoms with Crippen molar-refractivity contribution in [2.45, 2.75) is 19.4 Å². The van der Waals surface area contributed by atoms with Gasteiger partial charge < -0.3 is 0 Å². The Labute approximate surface area is 74.8 Å². The zero-order chi connectivity index (χ0) is 9.31. The fourth-order valence-corrected chi connectivity index (χ4v) is 1.16. The van der Waals surface area contributed by atoms with Crippen LogP contribution in [0.2, 0.25) is 0 Å². The zero-order valence-electron chi connectivity index (χ0n) is 7.34. The van der Waals surface area contributed by atoms with E-state index < -0.39 is 5.54 Å². The normalized spacial score (nSPS) is 26.2. The molecule has 1 aliphatic heterocycles. The van der Waals surface area contributed by atoms with E-state index in [1.54, 1.807) is 0 Å². The van der Waals surface area contributed by atoms with Gasteiger partial charge in [-0.25, -0.2) is 0 Å². The van der Waals surface area contributed by atoms with Crippen LogP contribution in [-0.4, -0.2) is 20.4 Å². The van der Waals surface area contributed by atoms with Crippen molar-refractivity contribution in [3.63, 3.8) is 0 Å². The van der Waals surface area contributed by atoms with Gasteiger partial charge in [-0.1, -0.05) is 0 Å². The maximum atomic E-state index is 4.05. The molecule has 0 saturated carbocycles. The van der Waals surface area contributed by atoms with Crippen LogP contribution < -0.4 is 0 Å². The Morgan fingerprint density at radius 1 is 1.23 bits per heavy atom. The van der Waals surface area contributed by atoms with Gasteiger partial charge >= 0.3 is 0 Å². The molecule has 0 N–H and O–H groups in total. The van der Waals surface area contributed by atoms with Gasteiger partial charge in [0.05, 0.1) is 5.70 Å². The first-order valence-corrected chi connectivity index (χ1v) is 3.84. The van der Waals surface area contributed by atoms with Crippen molar-refractivity contribution < 1.29 is 0 Å². The van der Waals surface area contributed by atoms with E-state index in [9.17, 15) is 0 Å². The van der Waals surface area contributed by atoms with Crippen molar-refractivity contribution in [1.29, 1.82) is 0 Å². The Hall–Kier alpha value is -1.72. The lowest BCUT2D eigenvalue weighted by molar-refractivity contribution is 0.543. The quantitative estimate of drug-likeness (QED) is 0.635. The smallest absolute Gasteiger partial charge is 0.170 e. The van der Waals surface area contributed by atoms with Gasteiger partial charge in [0.2, 0.25) is 5.82 Å². The van der Waals surface area contributed by atoms with Gasteiger partial charge in [0.1, 0.15) is 0 Å². The van der Waals surface area contributed by atoms with Crippen LogP contribution in [0.1, 0.15) is 19.7 Å². The number of azo groups is 1. The molecule has 0 aliphatic carbocycles. The minimum atomic E-state index is -0.592. The van der Waals surface area contributed by atoms with E-state index in [1.165, 1.54) is 6.33 Å². The number of nitrogens with zero attached hydrogens (tertiary/aromatic N) is 6. The Morgan fingerprint density at radius 3 is 2.46 bits per heavy atom. The molecule has 66 valence electrons. The van der Waals surface area contributed by atoms with Crippen LogP contribution in [0.4, 0.5) is 0 Å². The number of allylic oxidation sites excluding steroid dienone is 1. The molecule has 0 aromatic carbocycles. The maximum Gasteiger partial charge on any atom is 0.206 e. The largest absolute Gasteiger partial charge is 0.206 e. The first-order chi connectivity index (χ1) is 6.21. The molecule has 0 spiro atoms. The SMILES string of the molecule is CC1=CC(C)(c2nncnn2)N=N1. The molecular weight excluding hydrogens is 168 g/mol. The van der Waals surface area contributed by atoms with Crippen molar-refractivity contribution in [2.24, 2.45) is 10.2 Å².